The van der Waals surface area contributed by atoms with E-state index in [1.165, 1.54) is 0 Å². The molecule has 1 aromatic heterocycles. The molecule has 0 amide bonds. The molecule has 1 aliphatic carbocycles. The molecule has 100 valence electrons. The largest absolute Gasteiger partial charge is 0.433 e. The van der Waals surface area contributed by atoms with Crippen LogP contribution in [0.25, 0.3) is 0 Å². The molecule has 3 N–H and O–H groups in total. The van der Waals surface area contributed by atoms with Gasteiger partial charge in [0, 0.05) is 12.1 Å². The van der Waals surface area contributed by atoms with Crippen molar-refractivity contribution in [3.8, 4) is 0 Å². The molecule has 7 heteroatoms. The number of nitrogens with one attached hydrogen (secondary N) is 1. The van der Waals surface area contributed by atoms with Gasteiger partial charge in [0.25, 0.3) is 0 Å². The van der Waals surface area contributed by atoms with Gasteiger partial charge in [-0.25, -0.2) is 4.98 Å². The van der Waals surface area contributed by atoms with Crippen molar-refractivity contribution >= 4 is 11.8 Å². The van der Waals surface area contributed by atoms with Gasteiger partial charge in [-0.1, -0.05) is 13.3 Å². The highest BCUT2D eigenvalue weighted by molar-refractivity contribution is 5.42. The molecule has 0 aromatic carbocycles. The van der Waals surface area contributed by atoms with Gasteiger partial charge in [-0.15, -0.1) is 0 Å². The third kappa shape index (κ3) is 2.83. The summed E-state index contributed by atoms with van der Waals surface area (Å²) < 4.78 is 37.7. The van der Waals surface area contributed by atoms with Crippen LogP contribution in [-0.4, -0.2) is 16.0 Å². The zero-order valence-corrected chi connectivity index (χ0v) is 9.96. The van der Waals surface area contributed by atoms with Crippen molar-refractivity contribution in [3.63, 3.8) is 0 Å². The van der Waals surface area contributed by atoms with Gasteiger partial charge in [-0.2, -0.15) is 18.2 Å². The number of hydrogen-bond acceptors (Lipinski definition) is 4. The lowest BCUT2D eigenvalue weighted by atomic mass is 10.1. The van der Waals surface area contributed by atoms with Crippen LogP contribution < -0.4 is 11.1 Å². The van der Waals surface area contributed by atoms with Crippen LogP contribution in [0.5, 0.6) is 0 Å². The monoisotopic (exact) mass is 260 g/mol. The summed E-state index contributed by atoms with van der Waals surface area (Å²) in [7, 11) is 0. The van der Waals surface area contributed by atoms with Gasteiger partial charge < -0.3 is 11.1 Å². The Balaban J connectivity index is 2.20. The van der Waals surface area contributed by atoms with Gasteiger partial charge in [0.05, 0.1) is 0 Å². The van der Waals surface area contributed by atoms with Crippen LogP contribution in [0.1, 0.15) is 31.9 Å². The number of rotatable bonds is 2. The van der Waals surface area contributed by atoms with Gasteiger partial charge in [-0.05, 0) is 18.8 Å². The lowest BCUT2D eigenvalue weighted by molar-refractivity contribution is -0.141. The van der Waals surface area contributed by atoms with Gasteiger partial charge in [-0.3, -0.25) is 0 Å². The first kappa shape index (κ1) is 12.9. The fourth-order valence-corrected chi connectivity index (χ4v) is 2.23. The minimum atomic E-state index is -4.51. The number of halogens is 3. The van der Waals surface area contributed by atoms with E-state index in [2.05, 4.69) is 22.2 Å². The lowest BCUT2D eigenvalue weighted by Gasteiger charge is -2.18. The quantitative estimate of drug-likeness (QED) is 0.858. The number of anilines is 2. The van der Waals surface area contributed by atoms with E-state index in [9.17, 15) is 13.2 Å². The van der Waals surface area contributed by atoms with Crippen molar-refractivity contribution in [1.29, 1.82) is 0 Å². The van der Waals surface area contributed by atoms with Crippen molar-refractivity contribution in [2.75, 3.05) is 11.1 Å². The number of hydrogen-bond donors (Lipinski definition) is 2. The molecule has 0 aliphatic heterocycles. The third-order valence-corrected chi connectivity index (χ3v) is 3.23. The number of aromatic nitrogens is 2. The molecular weight excluding hydrogens is 245 g/mol. The number of nitrogens with zero attached hydrogens (tertiary/aromatic N) is 2. The zero-order chi connectivity index (χ0) is 13.3. The molecule has 1 aromatic rings. The molecule has 4 nitrogen and oxygen atoms in total. The van der Waals surface area contributed by atoms with Crippen LogP contribution in [0.3, 0.4) is 0 Å². The number of nitrogens with two attached hydrogens (primary N) is 1. The highest BCUT2D eigenvalue weighted by Gasteiger charge is 2.34. The van der Waals surface area contributed by atoms with Crippen molar-refractivity contribution in [2.24, 2.45) is 5.92 Å². The SMILES string of the molecule is CC1CCCC1Nc1cc(C(F)(F)F)nc(N)n1. The van der Waals surface area contributed by atoms with Crippen LogP contribution in [0.2, 0.25) is 0 Å². The summed E-state index contributed by atoms with van der Waals surface area (Å²) in [5.74, 6) is 0.210. The standard InChI is InChI=1S/C11H15F3N4/c1-6-3-2-4-7(6)16-9-5-8(11(12,13)14)17-10(15)18-9/h5-7H,2-4H2,1H3,(H3,15,16,17,18). The van der Waals surface area contributed by atoms with Crippen molar-refractivity contribution in [2.45, 2.75) is 38.4 Å². The van der Waals surface area contributed by atoms with E-state index in [-0.39, 0.29) is 17.8 Å². The molecule has 0 spiro atoms. The summed E-state index contributed by atoms with van der Waals surface area (Å²) in [5.41, 5.74) is 4.29. The Morgan fingerprint density at radius 1 is 1.33 bits per heavy atom. The third-order valence-electron chi connectivity index (χ3n) is 3.23. The molecule has 2 unspecified atom stereocenters. The summed E-state index contributed by atoms with van der Waals surface area (Å²) in [6.45, 7) is 2.07. The Labute approximate surface area is 103 Å². The van der Waals surface area contributed by atoms with Crippen LogP contribution in [-0.2, 0) is 6.18 Å². The normalized spacial score (nSPS) is 24.2. The predicted octanol–water partition coefficient (Wildman–Crippen LogP) is 2.68. The van der Waals surface area contributed by atoms with Gasteiger partial charge in [0.2, 0.25) is 5.95 Å². The zero-order valence-electron chi connectivity index (χ0n) is 9.96. The van der Waals surface area contributed by atoms with E-state index in [4.69, 9.17) is 5.73 Å². The maximum absolute atomic E-state index is 12.6. The van der Waals surface area contributed by atoms with Crippen LogP contribution >= 0.6 is 0 Å². The van der Waals surface area contributed by atoms with E-state index < -0.39 is 11.9 Å². The fourth-order valence-electron chi connectivity index (χ4n) is 2.23. The topological polar surface area (TPSA) is 63.8 Å². The number of alkyl halides is 3. The summed E-state index contributed by atoms with van der Waals surface area (Å²) >= 11 is 0. The average molecular weight is 260 g/mol. The Morgan fingerprint density at radius 3 is 2.61 bits per heavy atom. The van der Waals surface area contributed by atoms with Crippen LogP contribution in [0.4, 0.5) is 24.9 Å². The number of nitrogen functional groups attached to an aromatic ring is 1. The second-order valence-electron chi connectivity index (χ2n) is 4.65. The second-order valence-corrected chi connectivity index (χ2v) is 4.65. The summed E-state index contributed by atoms with van der Waals surface area (Å²) in [6, 6.07) is 1.06. The molecule has 2 rings (SSSR count). The Morgan fingerprint density at radius 2 is 2.06 bits per heavy atom. The minimum absolute atomic E-state index is 0.147. The van der Waals surface area contributed by atoms with E-state index in [0.29, 0.717) is 5.92 Å². The van der Waals surface area contributed by atoms with E-state index in [1.54, 1.807) is 0 Å². The lowest BCUT2D eigenvalue weighted by Crippen LogP contribution is -2.23. The molecule has 1 aliphatic rings. The summed E-state index contributed by atoms with van der Waals surface area (Å²) in [5, 5.41) is 3.01. The molecule has 1 fully saturated rings. The first-order chi connectivity index (χ1) is 8.36. The summed E-state index contributed by atoms with van der Waals surface area (Å²) in [6.07, 6.45) is -1.42. The van der Waals surface area contributed by atoms with Gasteiger partial charge >= 0.3 is 6.18 Å². The maximum Gasteiger partial charge on any atom is 0.433 e. The molecular formula is C11H15F3N4. The van der Waals surface area contributed by atoms with Crippen LogP contribution in [0.15, 0.2) is 6.07 Å². The summed E-state index contributed by atoms with van der Waals surface area (Å²) in [4.78, 5) is 7.00. The highest BCUT2D eigenvalue weighted by Crippen LogP contribution is 2.31. The molecule has 1 saturated carbocycles. The first-order valence-corrected chi connectivity index (χ1v) is 5.84. The Bertz CT molecular complexity index is 433. The van der Waals surface area contributed by atoms with Gasteiger partial charge in [0.15, 0.2) is 5.69 Å². The molecule has 1 heterocycles. The first-order valence-electron chi connectivity index (χ1n) is 5.84. The van der Waals surface area contributed by atoms with E-state index in [0.717, 1.165) is 25.3 Å². The van der Waals surface area contributed by atoms with Crippen molar-refractivity contribution in [3.05, 3.63) is 11.8 Å². The molecule has 0 bridgehead atoms. The Hall–Kier alpha value is -1.53. The van der Waals surface area contributed by atoms with Crippen molar-refractivity contribution < 1.29 is 13.2 Å². The average Bonchev–Trinajstić information content (AvgIpc) is 2.62. The molecule has 0 saturated heterocycles. The van der Waals surface area contributed by atoms with Gasteiger partial charge in [0.1, 0.15) is 5.82 Å². The Kier molecular flexibility index (Phi) is 3.32. The molecule has 0 radical (unpaired) electrons. The van der Waals surface area contributed by atoms with Crippen LogP contribution in [0, 0.1) is 5.92 Å². The highest BCUT2D eigenvalue weighted by atomic mass is 19.4. The smallest absolute Gasteiger partial charge is 0.368 e. The maximum atomic E-state index is 12.6. The second kappa shape index (κ2) is 4.62. The minimum Gasteiger partial charge on any atom is -0.368 e. The molecule has 18 heavy (non-hydrogen) atoms. The van der Waals surface area contributed by atoms with E-state index in [1.807, 2.05) is 0 Å². The van der Waals surface area contributed by atoms with Crippen molar-refractivity contribution in [1.82, 2.24) is 9.97 Å². The predicted molar refractivity (Wildman–Crippen MR) is 61.9 cm³/mol. The van der Waals surface area contributed by atoms with E-state index >= 15 is 0 Å². The fraction of sp³-hybridized carbons (Fsp3) is 0.636. The molecule has 2 atom stereocenters.